The van der Waals surface area contributed by atoms with Gasteiger partial charge in [0.15, 0.2) is 5.11 Å². The summed E-state index contributed by atoms with van der Waals surface area (Å²) in [7, 11) is 0. The van der Waals surface area contributed by atoms with Gasteiger partial charge in [0.2, 0.25) is 0 Å². The molecule has 0 aromatic heterocycles. The Morgan fingerprint density at radius 1 is 1.56 bits per heavy atom. The molecule has 0 aliphatic rings. The summed E-state index contributed by atoms with van der Waals surface area (Å²) in [5.74, 6) is -0.331. The number of nitrogens with one attached hydrogen (secondary N) is 2. The Morgan fingerprint density at radius 2 is 2.25 bits per heavy atom. The van der Waals surface area contributed by atoms with Crippen molar-refractivity contribution >= 4 is 38.9 Å². The first-order chi connectivity index (χ1) is 7.52. The predicted molar refractivity (Wildman–Crippen MR) is 73.2 cm³/mol. The van der Waals surface area contributed by atoms with E-state index in [9.17, 15) is 4.39 Å². The van der Waals surface area contributed by atoms with Gasteiger partial charge in [-0.15, -0.1) is 0 Å². The van der Waals surface area contributed by atoms with E-state index in [1.807, 2.05) is 6.92 Å². The van der Waals surface area contributed by atoms with E-state index in [-0.39, 0.29) is 11.9 Å². The molecule has 5 heteroatoms. The summed E-state index contributed by atoms with van der Waals surface area (Å²) in [4.78, 5) is 0. The first-order valence-electron chi connectivity index (χ1n) is 5.05. The minimum absolute atomic E-state index is 0.276. The summed E-state index contributed by atoms with van der Waals surface area (Å²) in [5.41, 5.74) is 0.379. The van der Waals surface area contributed by atoms with Gasteiger partial charge in [0.25, 0.3) is 0 Å². The lowest BCUT2D eigenvalue weighted by Crippen LogP contribution is -2.35. The molecule has 0 fully saturated rings. The van der Waals surface area contributed by atoms with Gasteiger partial charge in [-0.05, 0) is 43.8 Å². The molecule has 0 spiro atoms. The van der Waals surface area contributed by atoms with Crippen molar-refractivity contribution in [2.75, 3.05) is 5.32 Å². The van der Waals surface area contributed by atoms with Gasteiger partial charge in [0, 0.05) is 10.5 Å². The molecule has 0 aliphatic heterocycles. The quantitative estimate of drug-likeness (QED) is 0.833. The molecule has 0 aliphatic carbocycles. The first-order valence-corrected chi connectivity index (χ1v) is 6.25. The number of hydrogen-bond acceptors (Lipinski definition) is 1. The highest BCUT2D eigenvalue weighted by atomic mass is 79.9. The molecule has 88 valence electrons. The maximum Gasteiger partial charge on any atom is 0.171 e. The maximum absolute atomic E-state index is 13.5. The van der Waals surface area contributed by atoms with Crippen molar-refractivity contribution in [1.29, 1.82) is 0 Å². The molecule has 1 aromatic rings. The van der Waals surface area contributed by atoms with Crippen LogP contribution in [0.3, 0.4) is 0 Å². The zero-order valence-corrected chi connectivity index (χ0v) is 11.6. The topological polar surface area (TPSA) is 24.1 Å². The second-order valence-corrected chi connectivity index (χ2v) is 4.86. The summed E-state index contributed by atoms with van der Waals surface area (Å²) in [6.07, 6.45) is 0.963. The van der Waals surface area contributed by atoms with Crippen LogP contribution in [0.25, 0.3) is 0 Å². The van der Waals surface area contributed by atoms with Crippen molar-refractivity contribution < 1.29 is 4.39 Å². The number of halogens is 2. The number of hydrogen-bond donors (Lipinski definition) is 2. The van der Waals surface area contributed by atoms with Gasteiger partial charge in [-0.2, -0.15) is 0 Å². The van der Waals surface area contributed by atoms with Crippen LogP contribution in [0.2, 0.25) is 0 Å². The van der Waals surface area contributed by atoms with Crippen LogP contribution in [-0.4, -0.2) is 11.2 Å². The molecule has 1 rings (SSSR count). The van der Waals surface area contributed by atoms with Crippen molar-refractivity contribution in [3.63, 3.8) is 0 Å². The Hall–Kier alpha value is -0.680. The summed E-state index contributed by atoms with van der Waals surface area (Å²) in [5, 5.41) is 6.33. The fourth-order valence-electron chi connectivity index (χ4n) is 1.08. The number of rotatable bonds is 3. The number of anilines is 1. The second-order valence-electron chi connectivity index (χ2n) is 3.53. The first kappa shape index (κ1) is 13.4. The van der Waals surface area contributed by atoms with Crippen LogP contribution in [0.15, 0.2) is 22.7 Å². The van der Waals surface area contributed by atoms with E-state index in [2.05, 4.69) is 33.5 Å². The molecule has 0 radical (unpaired) electrons. The van der Waals surface area contributed by atoms with Gasteiger partial charge in [-0.3, -0.25) is 0 Å². The lowest BCUT2D eigenvalue weighted by Gasteiger charge is -2.15. The Morgan fingerprint density at radius 3 is 2.81 bits per heavy atom. The third-order valence-corrected chi connectivity index (χ3v) is 2.88. The Bertz CT molecular complexity index is 384. The van der Waals surface area contributed by atoms with Gasteiger partial charge < -0.3 is 10.6 Å². The third-order valence-electron chi connectivity index (χ3n) is 2.17. The SMILES string of the molecule is CC[C@@H](C)NC(=S)Nc1ccc(Br)cc1F. The van der Waals surface area contributed by atoms with Crippen LogP contribution in [0.5, 0.6) is 0 Å². The van der Waals surface area contributed by atoms with Crippen molar-refractivity contribution in [2.45, 2.75) is 26.3 Å². The third kappa shape index (κ3) is 4.06. The normalized spacial score (nSPS) is 12.0. The van der Waals surface area contributed by atoms with Gasteiger partial charge in [0.1, 0.15) is 5.82 Å². The molecule has 0 heterocycles. The molecule has 2 N–H and O–H groups in total. The average Bonchev–Trinajstić information content (AvgIpc) is 2.22. The highest BCUT2D eigenvalue weighted by Gasteiger charge is 2.06. The molecule has 2 nitrogen and oxygen atoms in total. The van der Waals surface area contributed by atoms with E-state index in [0.29, 0.717) is 15.3 Å². The van der Waals surface area contributed by atoms with Crippen LogP contribution in [-0.2, 0) is 0 Å². The van der Waals surface area contributed by atoms with Gasteiger partial charge in [0.05, 0.1) is 5.69 Å². The van der Waals surface area contributed by atoms with Crippen LogP contribution >= 0.6 is 28.1 Å². The second kappa shape index (κ2) is 6.15. The lowest BCUT2D eigenvalue weighted by molar-refractivity contribution is 0.628. The molecule has 0 saturated carbocycles. The molecule has 1 atom stereocenters. The van der Waals surface area contributed by atoms with Gasteiger partial charge in [-0.25, -0.2) is 4.39 Å². The van der Waals surface area contributed by atoms with Gasteiger partial charge in [-0.1, -0.05) is 22.9 Å². The summed E-state index contributed by atoms with van der Waals surface area (Å²) >= 11 is 8.27. The molecule has 1 aromatic carbocycles. The zero-order chi connectivity index (χ0) is 12.1. The smallest absolute Gasteiger partial charge is 0.171 e. The van der Waals surface area contributed by atoms with Crippen molar-refractivity contribution in [2.24, 2.45) is 0 Å². The van der Waals surface area contributed by atoms with E-state index >= 15 is 0 Å². The van der Waals surface area contributed by atoms with Crippen molar-refractivity contribution in [3.05, 3.63) is 28.5 Å². The largest absolute Gasteiger partial charge is 0.360 e. The molecule has 0 amide bonds. The minimum Gasteiger partial charge on any atom is -0.360 e. The predicted octanol–water partition coefficient (Wildman–Crippen LogP) is 3.67. The highest BCUT2D eigenvalue weighted by molar-refractivity contribution is 9.10. The number of benzene rings is 1. The monoisotopic (exact) mass is 304 g/mol. The van der Waals surface area contributed by atoms with E-state index in [4.69, 9.17) is 12.2 Å². The van der Waals surface area contributed by atoms with E-state index < -0.39 is 0 Å². The molecule has 16 heavy (non-hydrogen) atoms. The van der Waals surface area contributed by atoms with E-state index in [0.717, 1.165) is 6.42 Å². The number of thiocarbonyl (C=S) groups is 1. The average molecular weight is 305 g/mol. The fraction of sp³-hybridized carbons (Fsp3) is 0.364. The Balaban J connectivity index is 2.63. The van der Waals surface area contributed by atoms with E-state index in [1.54, 1.807) is 12.1 Å². The van der Waals surface area contributed by atoms with Crippen LogP contribution < -0.4 is 10.6 Å². The zero-order valence-electron chi connectivity index (χ0n) is 9.18. The van der Waals surface area contributed by atoms with Crippen LogP contribution in [0.4, 0.5) is 10.1 Å². The maximum atomic E-state index is 13.5. The Kier molecular flexibility index (Phi) is 5.15. The van der Waals surface area contributed by atoms with Crippen molar-refractivity contribution in [1.82, 2.24) is 5.32 Å². The van der Waals surface area contributed by atoms with Gasteiger partial charge >= 0.3 is 0 Å². The fourth-order valence-corrected chi connectivity index (χ4v) is 1.72. The summed E-state index contributed by atoms with van der Waals surface area (Å²) < 4.78 is 14.2. The minimum atomic E-state index is -0.331. The molecular formula is C11H14BrFN2S. The summed E-state index contributed by atoms with van der Waals surface area (Å²) in [6, 6.07) is 5.08. The molecule has 0 bridgehead atoms. The lowest BCUT2D eigenvalue weighted by atomic mass is 10.3. The molecule has 0 unspecified atom stereocenters. The summed E-state index contributed by atoms with van der Waals surface area (Å²) in [6.45, 7) is 4.08. The molecular weight excluding hydrogens is 291 g/mol. The molecule has 0 saturated heterocycles. The van der Waals surface area contributed by atoms with Crippen LogP contribution in [0, 0.1) is 5.82 Å². The van der Waals surface area contributed by atoms with Crippen LogP contribution in [0.1, 0.15) is 20.3 Å². The standard InChI is InChI=1S/C11H14BrFN2S/c1-3-7(2)14-11(16)15-10-5-4-8(12)6-9(10)13/h4-7H,3H2,1-2H3,(H2,14,15,16)/t7-/m1/s1. The van der Waals surface area contributed by atoms with Crippen molar-refractivity contribution in [3.8, 4) is 0 Å². The highest BCUT2D eigenvalue weighted by Crippen LogP contribution is 2.19. The van der Waals surface area contributed by atoms with E-state index in [1.165, 1.54) is 6.07 Å². The Labute approximate surface area is 109 Å².